The predicted molar refractivity (Wildman–Crippen MR) is 66.9 cm³/mol. The molecular formula is C11H16N2O4S. The van der Waals surface area contributed by atoms with E-state index in [1.165, 1.54) is 18.2 Å². The number of nitrogens with one attached hydrogen (secondary N) is 1. The Labute approximate surface area is 107 Å². The minimum absolute atomic E-state index is 0.0267. The quantitative estimate of drug-likeness (QED) is 0.806. The zero-order chi connectivity index (χ0) is 13.8. The van der Waals surface area contributed by atoms with Crippen molar-refractivity contribution in [1.29, 1.82) is 0 Å². The smallest absolute Gasteiger partial charge is 0.307 e. The molecule has 18 heavy (non-hydrogen) atoms. The van der Waals surface area contributed by atoms with Crippen LogP contribution in [0.4, 0.5) is 0 Å². The molecule has 1 atom stereocenters. The lowest BCUT2D eigenvalue weighted by Gasteiger charge is -2.11. The van der Waals surface area contributed by atoms with Gasteiger partial charge in [-0.3, -0.25) is 4.79 Å². The van der Waals surface area contributed by atoms with E-state index >= 15 is 0 Å². The van der Waals surface area contributed by atoms with Crippen LogP contribution in [0.1, 0.15) is 30.8 Å². The van der Waals surface area contributed by atoms with Crippen LogP contribution in [-0.2, 0) is 10.1 Å². The van der Waals surface area contributed by atoms with Crippen molar-refractivity contribution in [2.45, 2.75) is 26.3 Å². The molecule has 1 aromatic heterocycles. The van der Waals surface area contributed by atoms with Crippen LogP contribution in [0.15, 0.2) is 18.2 Å². The van der Waals surface area contributed by atoms with Crippen LogP contribution in [-0.4, -0.2) is 31.6 Å². The molecule has 0 aliphatic rings. The highest BCUT2D eigenvalue weighted by molar-refractivity contribution is 7.86. The minimum atomic E-state index is -3.64. The van der Waals surface area contributed by atoms with Crippen molar-refractivity contribution in [1.82, 2.24) is 10.3 Å². The summed E-state index contributed by atoms with van der Waals surface area (Å²) in [5.74, 6) is -0.474. The number of hydrogen-bond donors (Lipinski definition) is 1. The highest BCUT2D eigenvalue weighted by atomic mass is 32.2. The van der Waals surface area contributed by atoms with Gasteiger partial charge < -0.3 is 9.50 Å². The van der Waals surface area contributed by atoms with Crippen molar-refractivity contribution in [3.05, 3.63) is 23.9 Å². The molecule has 0 saturated carbocycles. The first kappa shape index (κ1) is 14.4. The number of carbonyl (C=O) groups is 1. The Morgan fingerprint density at radius 2 is 2.17 bits per heavy atom. The summed E-state index contributed by atoms with van der Waals surface area (Å²) < 4.78 is 26.5. The molecule has 100 valence electrons. The van der Waals surface area contributed by atoms with Gasteiger partial charge in [-0.25, -0.2) is 4.98 Å². The molecule has 1 rings (SSSR count). The van der Waals surface area contributed by atoms with Gasteiger partial charge in [0.15, 0.2) is 0 Å². The third-order valence-electron chi connectivity index (χ3n) is 2.18. The fourth-order valence-corrected chi connectivity index (χ4v) is 1.55. The predicted octanol–water partition coefficient (Wildman–Crippen LogP) is 0.948. The van der Waals surface area contributed by atoms with Crippen LogP contribution in [0.3, 0.4) is 0 Å². The second-order valence-corrected chi connectivity index (χ2v) is 5.51. The van der Waals surface area contributed by atoms with Gasteiger partial charge in [0.05, 0.1) is 6.26 Å². The first-order valence-electron chi connectivity index (χ1n) is 5.49. The molecular weight excluding hydrogens is 256 g/mol. The standard InChI is InChI=1S/C11H16N2O4S/c1-4-8(2)12-11(14)9-6-5-7-10(13-9)17-18(3,15)16/h5-8H,4H2,1-3H3,(H,12,14)/t8-/m0/s1. The molecule has 0 unspecified atom stereocenters. The van der Waals surface area contributed by atoms with Gasteiger partial charge in [0.1, 0.15) is 5.69 Å². The van der Waals surface area contributed by atoms with Crippen LogP contribution >= 0.6 is 0 Å². The summed E-state index contributed by atoms with van der Waals surface area (Å²) in [4.78, 5) is 15.6. The molecule has 1 aromatic rings. The van der Waals surface area contributed by atoms with Crippen molar-refractivity contribution in [2.24, 2.45) is 0 Å². The molecule has 1 N–H and O–H groups in total. The van der Waals surface area contributed by atoms with Gasteiger partial charge in [-0.15, -0.1) is 0 Å². The zero-order valence-corrected chi connectivity index (χ0v) is 11.3. The highest BCUT2D eigenvalue weighted by Crippen LogP contribution is 2.10. The third-order valence-corrected chi connectivity index (χ3v) is 2.66. The van der Waals surface area contributed by atoms with E-state index in [4.69, 9.17) is 0 Å². The molecule has 0 spiro atoms. The summed E-state index contributed by atoms with van der Waals surface area (Å²) in [6, 6.07) is 4.41. The summed E-state index contributed by atoms with van der Waals surface area (Å²) in [6.45, 7) is 3.82. The van der Waals surface area contributed by atoms with Gasteiger partial charge in [-0.05, 0) is 19.4 Å². The molecule has 0 bridgehead atoms. The van der Waals surface area contributed by atoms with Crippen molar-refractivity contribution >= 4 is 16.0 Å². The lowest BCUT2D eigenvalue weighted by Crippen LogP contribution is -2.32. The molecule has 0 radical (unpaired) electrons. The summed E-state index contributed by atoms with van der Waals surface area (Å²) in [5, 5.41) is 2.73. The fourth-order valence-electron chi connectivity index (χ4n) is 1.14. The Balaban J connectivity index is 2.85. The van der Waals surface area contributed by atoms with Crippen LogP contribution < -0.4 is 9.50 Å². The lowest BCUT2D eigenvalue weighted by atomic mass is 10.2. The Hall–Kier alpha value is -1.63. The van der Waals surface area contributed by atoms with Crippen molar-refractivity contribution in [2.75, 3.05) is 6.26 Å². The van der Waals surface area contributed by atoms with E-state index in [1.54, 1.807) is 0 Å². The molecule has 0 aliphatic carbocycles. The number of pyridine rings is 1. The van der Waals surface area contributed by atoms with E-state index in [1.807, 2.05) is 13.8 Å². The zero-order valence-electron chi connectivity index (χ0n) is 10.5. The number of hydrogen-bond acceptors (Lipinski definition) is 5. The first-order valence-corrected chi connectivity index (χ1v) is 7.31. The van der Waals surface area contributed by atoms with Gasteiger partial charge in [-0.1, -0.05) is 13.0 Å². The van der Waals surface area contributed by atoms with Crippen molar-refractivity contribution in [3.8, 4) is 5.88 Å². The summed E-state index contributed by atoms with van der Waals surface area (Å²) >= 11 is 0. The molecule has 1 amide bonds. The Bertz CT molecular complexity index is 528. The molecule has 1 heterocycles. The number of carbonyl (C=O) groups excluding carboxylic acids is 1. The van der Waals surface area contributed by atoms with Gasteiger partial charge >= 0.3 is 10.1 Å². The van der Waals surface area contributed by atoms with Crippen LogP contribution in [0.2, 0.25) is 0 Å². The van der Waals surface area contributed by atoms with E-state index in [0.29, 0.717) is 0 Å². The molecule has 7 heteroatoms. The first-order chi connectivity index (χ1) is 8.31. The topological polar surface area (TPSA) is 85.4 Å². The molecule has 0 aromatic carbocycles. The van der Waals surface area contributed by atoms with Crippen LogP contribution in [0, 0.1) is 0 Å². The summed E-state index contributed by atoms with van der Waals surface area (Å²) in [7, 11) is -3.64. The highest BCUT2D eigenvalue weighted by Gasteiger charge is 2.12. The average molecular weight is 272 g/mol. The minimum Gasteiger partial charge on any atom is -0.362 e. The second-order valence-electron chi connectivity index (χ2n) is 3.93. The molecule has 0 aliphatic heterocycles. The Morgan fingerprint density at radius 3 is 2.72 bits per heavy atom. The fraction of sp³-hybridized carbons (Fsp3) is 0.455. The number of nitrogens with zero attached hydrogens (tertiary/aromatic N) is 1. The summed E-state index contributed by atoms with van der Waals surface area (Å²) in [5.41, 5.74) is 0.122. The third kappa shape index (κ3) is 4.70. The monoisotopic (exact) mass is 272 g/mol. The van der Waals surface area contributed by atoms with Crippen molar-refractivity contribution in [3.63, 3.8) is 0 Å². The van der Waals surface area contributed by atoms with E-state index < -0.39 is 10.1 Å². The Kier molecular flexibility index (Phi) is 4.66. The number of aromatic nitrogens is 1. The van der Waals surface area contributed by atoms with E-state index in [0.717, 1.165) is 12.7 Å². The van der Waals surface area contributed by atoms with Gasteiger partial charge in [0.2, 0.25) is 5.88 Å². The van der Waals surface area contributed by atoms with Gasteiger partial charge in [0.25, 0.3) is 5.91 Å². The molecule has 0 saturated heterocycles. The summed E-state index contributed by atoms with van der Waals surface area (Å²) in [6.07, 6.45) is 1.71. The maximum atomic E-state index is 11.8. The maximum absolute atomic E-state index is 11.8. The maximum Gasteiger partial charge on any atom is 0.307 e. The second kappa shape index (κ2) is 5.81. The molecule has 6 nitrogen and oxygen atoms in total. The average Bonchev–Trinajstić information content (AvgIpc) is 2.26. The number of amides is 1. The lowest BCUT2D eigenvalue weighted by molar-refractivity contribution is 0.0933. The Morgan fingerprint density at radius 1 is 1.50 bits per heavy atom. The SMILES string of the molecule is CC[C@H](C)NC(=O)c1cccc(OS(C)(=O)=O)n1. The normalized spacial score (nSPS) is 12.8. The van der Waals surface area contributed by atoms with Crippen molar-refractivity contribution < 1.29 is 17.4 Å². The van der Waals surface area contributed by atoms with E-state index in [-0.39, 0.29) is 23.5 Å². The van der Waals surface area contributed by atoms with Crippen LogP contribution in [0.25, 0.3) is 0 Å². The largest absolute Gasteiger partial charge is 0.362 e. The van der Waals surface area contributed by atoms with E-state index in [2.05, 4.69) is 14.5 Å². The van der Waals surface area contributed by atoms with Crippen LogP contribution in [0.5, 0.6) is 5.88 Å². The van der Waals surface area contributed by atoms with Gasteiger partial charge in [-0.2, -0.15) is 8.42 Å². The van der Waals surface area contributed by atoms with Gasteiger partial charge in [0, 0.05) is 12.1 Å². The molecule has 0 fully saturated rings. The van der Waals surface area contributed by atoms with E-state index in [9.17, 15) is 13.2 Å². The number of rotatable bonds is 5.